The molecule has 1 heterocycles. The molecule has 33 heavy (non-hydrogen) atoms. The molecular formula is C23H32N3O6S+. The minimum absolute atomic E-state index is 0.195. The zero-order valence-corrected chi connectivity index (χ0v) is 20.4. The van der Waals surface area contributed by atoms with Gasteiger partial charge in [0.05, 0.1) is 45.3 Å². The molecule has 3 N–H and O–H groups in total. The van der Waals surface area contributed by atoms with Gasteiger partial charge in [-0.25, -0.2) is 13.2 Å². The van der Waals surface area contributed by atoms with E-state index < -0.39 is 22.1 Å². The van der Waals surface area contributed by atoms with Crippen LogP contribution in [-0.4, -0.2) is 64.3 Å². The fourth-order valence-corrected chi connectivity index (χ4v) is 4.94. The van der Waals surface area contributed by atoms with Crippen molar-refractivity contribution in [1.82, 2.24) is 4.90 Å². The minimum atomic E-state index is -3.40. The van der Waals surface area contributed by atoms with Gasteiger partial charge in [0.15, 0.2) is 11.5 Å². The molecule has 2 atom stereocenters. The maximum absolute atomic E-state index is 12.3. The number of nitrogens with zero attached hydrogens (tertiary/aromatic N) is 1. The van der Waals surface area contributed by atoms with E-state index in [2.05, 4.69) is 5.32 Å². The highest BCUT2D eigenvalue weighted by Crippen LogP contribution is 2.43. The zero-order valence-electron chi connectivity index (χ0n) is 19.6. The number of hydrogen-bond acceptors (Lipinski definition) is 7. The van der Waals surface area contributed by atoms with Gasteiger partial charge in [-0.05, 0) is 36.2 Å². The summed E-state index contributed by atoms with van der Waals surface area (Å²) in [4.78, 5) is 14.6. The molecule has 0 fully saturated rings. The summed E-state index contributed by atoms with van der Waals surface area (Å²) in [7, 11) is 1.56. The SMILES string of the molecule is CCOc1cc(C(CS(C)(=O)=O)N2Cc3cccc(NC(=O)[NH+](C)C)c3C2O)ccc1OC. The van der Waals surface area contributed by atoms with E-state index in [4.69, 9.17) is 9.47 Å². The second kappa shape index (κ2) is 10.1. The van der Waals surface area contributed by atoms with Crippen molar-refractivity contribution in [2.45, 2.75) is 25.7 Å². The van der Waals surface area contributed by atoms with Crippen LogP contribution < -0.4 is 19.7 Å². The first-order valence-corrected chi connectivity index (χ1v) is 12.8. The Morgan fingerprint density at radius 2 is 2.00 bits per heavy atom. The van der Waals surface area contributed by atoms with E-state index in [1.54, 1.807) is 43.3 Å². The summed E-state index contributed by atoms with van der Waals surface area (Å²) >= 11 is 0. The summed E-state index contributed by atoms with van der Waals surface area (Å²) in [5.41, 5.74) is 2.59. The molecule has 10 heteroatoms. The van der Waals surface area contributed by atoms with Gasteiger partial charge in [-0.2, -0.15) is 0 Å². The van der Waals surface area contributed by atoms with Crippen LogP contribution in [0.2, 0.25) is 0 Å². The molecule has 0 aliphatic carbocycles. The summed E-state index contributed by atoms with van der Waals surface area (Å²) in [6.07, 6.45) is 0.0757. The van der Waals surface area contributed by atoms with Crippen molar-refractivity contribution in [3.63, 3.8) is 0 Å². The number of aliphatic hydroxyl groups excluding tert-OH is 1. The van der Waals surface area contributed by atoms with E-state index in [0.29, 0.717) is 46.4 Å². The van der Waals surface area contributed by atoms with Crippen LogP contribution in [0.5, 0.6) is 11.5 Å². The lowest BCUT2D eigenvalue weighted by Crippen LogP contribution is -3.09. The van der Waals surface area contributed by atoms with Gasteiger partial charge in [0.25, 0.3) is 0 Å². The number of urea groups is 1. The maximum Gasteiger partial charge on any atom is 0.418 e. The van der Waals surface area contributed by atoms with E-state index in [0.717, 1.165) is 5.56 Å². The van der Waals surface area contributed by atoms with Gasteiger partial charge in [0, 0.05) is 18.4 Å². The van der Waals surface area contributed by atoms with Crippen LogP contribution in [0.25, 0.3) is 0 Å². The van der Waals surface area contributed by atoms with Crippen molar-refractivity contribution in [3.05, 3.63) is 53.1 Å². The maximum atomic E-state index is 12.3. The third kappa shape index (κ3) is 5.64. The average molecular weight is 479 g/mol. The van der Waals surface area contributed by atoms with Gasteiger partial charge in [-0.3, -0.25) is 15.1 Å². The summed E-state index contributed by atoms with van der Waals surface area (Å²) in [5.74, 6) is 0.851. The van der Waals surface area contributed by atoms with Gasteiger partial charge in [0.1, 0.15) is 16.1 Å². The van der Waals surface area contributed by atoms with Crippen LogP contribution in [0.15, 0.2) is 36.4 Å². The monoisotopic (exact) mass is 478 g/mol. The molecule has 0 saturated carbocycles. The summed E-state index contributed by atoms with van der Waals surface area (Å²) in [6, 6.07) is 9.80. The highest BCUT2D eigenvalue weighted by atomic mass is 32.2. The second-order valence-electron chi connectivity index (χ2n) is 8.33. The Bertz CT molecular complexity index is 1120. The van der Waals surface area contributed by atoms with Crippen molar-refractivity contribution >= 4 is 21.6 Å². The van der Waals surface area contributed by atoms with E-state index in [9.17, 15) is 18.3 Å². The molecular weight excluding hydrogens is 446 g/mol. The molecule has 2 amide bonds. The molecule has 0 saturated heterocycles. The first-order chi connectivity index (χ1) is 15.6. The number of hydrogen-bond donors (Lipinski definition) is 3. The Labute approximate surface area is 194 Å². The molecule has 2 unspecified atom stereocenters. The molecule has 0 radical (unpaired) electrons. The molecule has 9 nitrogen and oxygen atoms in total. The fraction of sp³-hybridized carbons (Fsp3) is 0.435. The lowest BCUT2D eigenvalue weighted by molar-refractivity contribution is -0.766. The standard InChI is InChI=1S/C23H31N3O6S/c1-6-32-20-12-15(10-11-19(20)31-4)18(14-33(5,29)30)26-13-16-8-7-9-17(21(16)22(26)27)24-23(28)25(2)3/h7-12,18,22,27H,6,13-14H2,1-5H3,(H,24,28)/p+1. The van der Waals surface area contributed by atoms with Crippen LogP contribution in [-0.2, 0) is 16.4 Å². The quantitative estimate of drug-likeness (QED) is 0.526. The number of carbonyl (C=O) groups is 1. The topological polar surface area (TPSA) is 110 Å². The van der Waals surface area contributed by atoms with Gasteiger partial charge in [-0.1, -0.05) is 18.2 Å². The number of aliphatic hydroxyl groups is 1. The highest BCUT2D eigenvalue weighted by Gasteiger charge is 2.38. The fourth-order valence-electron chi connectivity index (χ4n) is 3.98. The predicted molar refractivity (Wildman–Crippen MR) is 125 cm³/mol. The van der Waals surface area contributed by atoms with Gasteiger partial charge < -0.3 is 14.6 Å². The molecule has 1 aliphatic rings. The molecule has 3 rings (SSSR count). The number of benzene rings is 2. The van der Waals surface area contributed by atoms with Crippen LogP contribution in [0.1, 0.15) is 35.9 Å². The largest absolute Gasteiger partial charge is 0.493 e. The first-order valence-electron chi connectivity index (χ1n) is 10.7. The molecule has 2 aromatic carbocycles. The van der Waals surface area contributed by atoms with Crippen LogP contribution in [0.3, 0.4) is 0 Å². The number of quaternary nitrogens is 1. The first kappa shape index (κ1) is 25.0. The minimum Gasteiger partial charge on any atom is -0.493 e. The Morgan fingerprint density at radius 1 is 1.27 bits per heavy atom. The highest BCUT2D eigenvalue weighted by molar-refractivity contribution is 7.90. The number of fused-ring (bicyclic) bond motifs is 1. The number of amides is 2. The Hall–Kier alpha value is -2.66. The molecule has 0 spiro atoms. The Kier molecular flexibility index (Phi) is 7.63. The lowest BCUT2D eigenvalue weighted by Gasteiger charge is -2.31. The summed E-state index contributed by atoms with van der Waals surface area (Å²) in [6.45, 7) is 2.60. The number of methoxy groups -OCH3 is 1. The third-order valence-electron chi connectivity index (χ3n) is 5.56. The normalized spacial score (nSPS) is 17.0. The molecule has 1 aliphatic heterocycles. The molecule has 2 aromatic rings. The smallest absolute Gasteiger partial charge is 0.418 e. The number of sulfone groups is 1. The average Bonchev–Trinajstić information content (AvgIpc) is 3.09. The number of carbonyl (C=O) groups excluding carboxylic acids is 1. The Balaban J connectivity index is 2.02. The number of anilines is 1. The molecule has 0 aromatic heterocycles. The third-order valence-corrected chi connectivity index (χ3v) is 6.48. The summed E-state index contributed by atoms with van der Waals surface area (Å²) < 4.78 is 35.7. The van der Waals surface area contributed by atoms with Crippen molar-refractivity contribution in [3.8, 4) is 11.5 Å². The van der Waals surface area contributed by atoms with Crippen LogP contribution in [0, 0.1) is 0 Å². The van der Waals surface area contributed by atoms with Crippen LogP contribution >= 0.6 is 0 Å². The van der Waals surface area contributed by atoms with Crippen molar-refractivity contribution in [2.75, 3.05) is 45.1 Å². The van der Waals surface area contributed by atoms with Gasteiger partial charge >= 0.3 is 6.03 Å². The van der Waals surface area contributed by atoms with E-state index in [1.165, 1.54) is 13.4 Å². The lowest BCUT2D eigenvalue weighted by atomic mass is 10.1. The van der Waals surface area contributed by atoms with Gasteiger partial charge in [-0.15, -0.1) is 0 Å². The van der Waals surface area contributed by atoms with Crippen molar-refractivity contribution in [2.24, 2.45) is 0 Å². The van der Waals surface area contributed by atoms with E-state index in [-0.39, 0.29) is 11.8 Å². The van der Waals surface area contributed by atoms with Crippen molar-refractivity contribution in [1.29, 1.82) is 0 Å². The van der Waals surface area contributed by atoms with E-state index in [1.807, 2.05) is 19.1 Å². The van der Waals surface area contributed by atoms with Crippen molar-refractivity contribution < 1.29 is 32.7 Å². The van der Waals surface area contributed by atoms with Crippen LogP contribution in [0.4, 0.5) is 10.5 Å². The molecule has 0 bridgehead atoms. The van der Waals surface area contributed by atoms with E-state index >= 15 is 0 Å². The zero-order chi connectivity index (χ0) is 24.3. The molecule has 180 valence electrons. The number of ether oxygens (including phenoxy) is 2. The predicted octanol–water partition coefficient (Wildman–Crippen LogP) is 1.36. The number of rotatable bonds is 8. The summed E-state index contributed by atoms with van der Waals surface area (Å²) in [5, 5.41) is 14.1. The second-order valence-corrected chi connectivity index (χ2v) is 10.5. The van der Waals surface area contributed by atoms with Gasteiger partial charge in [0.2, 0.25) is 0 Å². The number of nitrogens with one attached hydrogen (secondary N) is 2. The Morgan fingerprint density at radius 3 is 2.61 bits per heavy atom.